The first-order valence-corrected chi connectivity index (χ1v) is 6.21. The Bertz CT molecular complexity index is 493. The molecule has 1 unspecified atom stereocenters. The lowest BCUT2D eigenvalue weighted by Gasteiger charge is -2.25. The predicted molar refractivity (Wildman–Crippen MR) is 73.1 cm³/mol. The van der Waals surface area contributed by atoms with E-state index in [1.165, 1.54) is 17.9 Å². The first-order chi connectivity index (χ1) is 8.81. The fraction of sp³-hybridized carbons (Fsp3) is 0.333. The molecule has 0 spiro atoms. The zero-order valence-corrected chi connectivity index (χ0v) is 11.6. The highest BCUT2D eigenvalue weighted by molar-refractivity contribution is 6.36. The fourth-order valence-electron chi connectivity index (χ4n) is 1.56. The predicted octanol–water partition coefficient (Wildman–Crippen LogP) is 2.61. The Morgan fingerprint density at radius 3 is 2.42 bits per heavy atom. The van der Waals surface area contributed by atoms with Gasteiger partial charge in [0.25, 0.3) is 0 Å². The van der Waals surface area contributed by atoms with Gasteiger partial charge in [-0.3, -0.25) is 9.59 Å². The van der Waals surface area contributed by atoms with E-state index in [9.17, 15) is 9.59 Å². The lowest BCUT2D eigenvalue weighted by Crippen LogP contribution is -2.36. The summed E-state index contributed by atoms with van der Waals surface area (Å²) >= 11 is 11.8. The SMILES string of the molecule is CC(CN(CC(=O)O)c1ccc(Cl)cc1Cl)C(=O)O. The molecular weight excluding hydrogens is 293 g/mol. The largest absolute Gasteiger partial charge is 0.481 e. The number of nitrogens with zero attached hydrogens (tertiary/aromatic N) is 1. The Balaban J connectivity index is 3.01. The summed E-state index contributed by atoms with van der Waals surface area (Å²) in [5.41, 5.74) is 0.446. The van der Waals surface area contributed by atoms with Gasteiger partial charge in [-0.2, -0.15) is 0 Å². The molecular formula is C12H13Cl2NO4. The molecule has 1 rings (SSSR count). The molecule has 2 N–H and O–H groups in total. The summed E-state index contributed by atoms with van der Waals surface area (Å²) in [6.45, 7) is 1.21. The molecule has 0 amide bonds. The third-order valence-electron chi connectivity index (χ3n) is 2.49. The van der Waals surface area contributed by atoms with Crippen molar-refractivity contribution in [3.05, 3.63) is 28.2 Å². The molecule has 0 aliphatic carbocycles. The van der Waals surface area contributed by atoms with Crippen LogP contribution < -0.4 is 4.90 Å². The van der Waals surface area contributed by atoms with E-state index in [1.54, 1.807) is 12.1 Å². The van der Waals surface area contributed by atoms with Crippen LogP contribution in [0.1, 0.15) is 6.92 Å². The molecule has 1 atom stereocenters. The maximum absolute atomic E-state index is 10.9. The van der Waals surface area contributed by atoms with E-state index in [2.05, 4.69) is 0 Å². The van der Waals surface area contributed by atoms with Crippen LogP contribution in [0.25, 0.3) is 0 Å². The van der Waals surface area contributed by atoms with Crippen molar-refractivity contribution in [2.75, 3.05) is 18.0 Å². The molecule has 0 aromatic heterocycles. The molecule has 0 saturated heterocycles. The van der Waals surface area contributed by atoms with Crippen LogP contribution in [0.5, 0.6) is 0 Å². The van der Waals surface area contributed by atoms with Crippen LogP contribution in [-0.4, -0.2) is 35.2 Å². The summed E-state index contributed by atoms with van der Waals surface area (Å²) in [5, 5.41) is 18.5. The summed E-state index contributed by atoms with van der Waals surface area (Å²) in [4.78, 5) is 23.1. The van der Waals surface area contributed by atoms with Gasteiger partial charge in [0.15, 0.2) is 0 Å². The van der Waals surface area contributed by atoms with Crippen LogP contribution in [0.2, 0.25) is 10.0 Å². The molecule has 1 aromatic carbocycles. The summed E-state index contributed by atoms with van der Waals surface area (Å²) in [7, 11) is 0. The summed E-state index contributed by atoms with van der Waals surface area (Å²) in [6, 6.07) is 4.63. The molecule has 0 heterocycles. The van der Waals surface area contributed by atoms with Crippen molar-refractivity contribution in [3.63, 3.8) is 0 Å². The van der Waals surface area contributed by atoms with Crippen LogP contribution in [-0.2, 0) is 9.59 Å². The van der Waals surface area contributed by atoms with Crippen LogP contribution in [0, 0.1) is 5.92 Å². The second kappa shape index (κ2) is 6.63. The van der Waals surface area contributed by atoms with Gasteiger partial charge >= 0.3 is 11.9 Å². The quantitative estimate of drug-likeness (QED) is 0.844. The zero-order valence-electron chi connectivity index (χ0n) is 10.1. The molecule has 0 radical (unpaired) electrons. The molecule has 0 bridgehead atoms. The van der Waals surface area contributed by atoms with Gasteiger partial charge in [0.2, 0.25) is 0 Å². The number of halogens is 2. The van der Waals surface area contributed by atoms with Crippen LogP contribution >= 0.6 is 23.2 Å². The third kappa shape index (κ3) is 4.61. The Labute approximate surface area is 120 Å². The number of aliphatic carboxylic acids is 2. The first-order valence-electron chi connectivity index (χ1n) is 5.46. The van der Waals surface area contributed by atoms with E-state index in [4.69, 9.17) is 33.4 Å². The number of carboxylic acids is 2. The van der Waals surface area contributed by atoms with Crippen molar-refractivity contribution in [3.8, 4) is 0 Å². The van der Waals surface area contributed by atoms with Crippen molar-refractivity contribution in [2.45, 2.75) is 6.92 Å². The average Bonchev–Trinajstić information content (AvgIpc) is 2.27. The van der Waals surface area contributed by atoms with Gasteiger partial charge in [0.1, 0.15) is 6.54 Å². The smallest absolute Gasteiger partial charge is 0.323 e. The minimum Gasteiger partial charge on any atom is -0.481 e. The second-order valence-electron chi connectivity index (χ2n) is 4.11. The van der Waals surface area contributed by atoms with E-state index in [0.717, 1.165) is 0 Å². The number of carboxylic acid groups (broad SMARTS) is 2. The molecule has 1 aromatic rings. The Hall–Kier alpha value is -1.46. The van der Waals surface area contributed by atoms with Gasteiger partial charge in [-0.1, -0.05) is 30.1 Å². The normalized spacial score (nSPS) is 11.9. The average molecular weight is 306 g/mol. The molecule has 5 nitrogen and oxygen atoms in total. The van der Waals surface area contributed by atoms with E-state index in [-0.39, 0.29) is 18.1 Å². The van der Waals surface area contributed by atoms with Crippen molar-refractivity contribution in [1.29, 1.82) is 0 Å². The van der Waals surface area contributed by atoms with Gasteiger partial charge in [0, 0.05) is 11.6 Å². The van der Waals surface area contributed by atoms with E-state index in [0.29, 0.717) is 10.7 Å². The van der Waals surface area contributed by atoms with Gasteiger partial charge in [-0.05, 0) is 18.2 Å². The second-order valence-corrected chi connectivity index (χ2v) is 4.95. The number of rotatable bonds is 6. The Kier molecular flexibility index (Phi) is 5.44. The van der Waals surface area contributed by atoms with E-state index in [1.807, 2.05) is 0 Å². The highest BCUT2D eigenvalue weighted by Crippen LogP contribution is 2.29. The van der Waals surface area contributed by atoms with Crippen molar-refractivity contribution >= 4 is 40.8 Å². The minimum absolute atomic E-state index is 0.0446. The minimum atomic E-state index is -1.07. The molecule has 19 heavy (non-hydrogen) atoms. The Morgan fingerprint density at radius 1 is 1.32 bits per heavy atom. The number of anilines is 1. The van der Waals surface area contributed by atoms with Gasteiger partial charge in [-0.25, -0.2) is 0 Å². The van der Waals surface area contributed by atoms with E-state index < -0.39 is 17.9 Å². The molecule has 7 heteroatoms. The number of hydrogen-bond acceptors (Lipinski definition) is 3. The molecule has 0 aliphatic rings. The summed E-state index contributed by atoms with van der Waals surface area (Å²) in [5.74, 6) is -2.78. The van der Waals surface area contributed by atoms with E-state index >= 15 is 0 Å². The van der Waals surface area contributed by atoms with Crippen LogP contribution in [0.15, 0.2) is 18.2 Å². The number of benzene rings is 1. The first kappa shape index (κ1) is 15.6. The standard InChI is InChI=1S/C12H13Cl2NO4/c1-7(12(18)19)5-15(6-11(16)17)10-3-2-8(13)4-9(10)14/h2-4,7H,5-6H2,1H3,(H,16,17)(H,18,19). The van der Waals surface area contributed by atoms with Crippen molar-refractivity contribution in [1.82, 2.24) is 0 Å². The van der Waals surface area contributed by atoms with Crippen molar-refractivity contribution < 1.29 is 19.8 Å². The highest BCUT2D eigenvalue weighted by atomic mass is 35.5. The Morgan fingerprint density at radius 2 is 1.95 bits per heavy atom. The topological polar surface area (TPSA) is 77.8 Å². The molecule has 0 aliphatic heterocycles. The number of hydrogen-bond donors (Lipinski definition) is 2. The van der Waals surface area contributed by atoms with Crippen LogP contribution in [0.4, 0.5) is 5.69 Å². The van der Waals surface area contributed by atoms with Crippen LogP contribution in [0.3, 0.4) is 0 Å². The summed E-state index contributed by atoms with van der Waals surface area (Å²) < 4.78 is 0. The number of carbonyl (C=O) groups is 2. The maximum Gasteiger partial charge on any atom is 0.323 e. The van der Waals surface area contributed by atoms with Crippen molar-refractivity contribution in [2.24, 2.45) is 5.92 Å². The van der Waals surface area contributed by atoms with Gasteiger partial charge < -0.3 is 15.1 Å². The molecule has 104 valence electrons. The molecule has 0 fully saturated rings. The maximum atomic E-state index is 10.9. The monoisotopic (exact) mass is 305 g/mol. The lowest BCUT2D eigenvalue weighted by atomic mass is 10.1. The van der Waals surface area contributed by atoms with Gasteiger partial charge in [0.05, 0.1) is 16.6 Å². The lowest BCUT2D eigenvalue weighted by molar-refractivity contribution is -0.141. The fourth-order valence-corrected chi connectivity index (χ4v) is 2.09. The summed E-state index contributed by atoms with van der Waals surface area (Å²) in [6.07, 6.45) is 0. The molecule has 0 saturated carbocycles. The zero-order chi connectivity index (χ0) is 14.6. The van der Waals surface area contributed by atoms with Gasteiger partial charge in [-0.15, -0.1) is 0 Å². The third-order valence-corrected chi connectivity index (χ3v) is 3.03. The highest BCUT2D eigenvalue weighted by Gasteiger charge is 2.20.